The van der Waals surface area contributed by atoms with Gasteiger partial charge in [0.15, 0.2) is 0 Å². The molecule has 2 N–H and O–H groups in total. The number of primary sulfonamides is 1. The molecule has 106 valence electrons. The summed E-state index contributed by atoms with van der Waals surface area (Å²) in [5, 5.41) is 5.13. The molecule has 0 radical (unpaired) electrons. The fourth-order valence-corrected chi connectivity index (χ4v) is 2.82. The van der Waals surface area contributed by atoms with E-state index in [-0.39, 0.29) is 23.1 Å². The van der Waals surface area contributed by atoms with Gasteiger partial charge in [-0.1, -0.05) is 28.1 Å². The SMILES string of the molecule is NS(=O)(=O)c1cc(Br)ccc1OCc1cccc(F)c1. The first-order valence-corrected chi connectivity index (χ1v) is 7.90. The van der Waals surface area contributed by atoms with Gasteiger partial charge in [-0.3, -0.25) is 0 Å². The molecular weight excluding hydrogens is 349 g/mol. The molecule has 0 unspecified atom stereocenters. The molecule has 0 aliphatic rings. The van der Waals surface area contributed by atoms with E-state index >= 15 is 0 Å². The average molecular weight is 360 g/mol. The molecule has 0 bridgehead atoms. The number of ether oxygens (including phenoxy) is 1. The highest BCUT2D eigenvalue weighted by atomic mass is 79.9. The Labute approximate surface area is 124 Å². The number of nitrogens with two attached hydrogens (primary N) is 1. The highest BCUT2D eigenvalue weighted by Crippen LogP contribution is 2.27. The second-order valence-electron chi connectivity index (χ2n) is 4.05. The van der Waals surface area contributed by atoms with Crippen molar-refractivity contribution in [3.63, 3.8) is 0 Å². The Morgan fingerprint density at radius 1 is 1.20 bits per heavy atom. The zero-order valence-electron chi connectivity index (χ0n) is 10.2. The van der Waals surface area contributed by atoms with E-state index in [1.807, 2.05) is 0 Å². The first-order valence-electron chi connectivity index (χ1n) is 5.56. The Kier molecular flexibility index (Phi) is 4.42. The first kappa shape index (κ1) is 15.0. The molecule has 0 atom stereocenters. The number of rotatable bonds is 4. The standard InChI is InChI=1S/C13H11BrFNO3S/c14-10-4-5-12(13(7-10)20(16,17)18)19-8-9-2-1-3-11(15)6-9/h1-7H,8H2,(H2,16,17,18). The smallest absolute Gasteiger partial charge is 0.241 e. The third kappa shape index (κ3) is 3.78. The van der Waals surface area contributed by atoms with Crippen molar-refractivity contribution >= 4 is 26.0 Å². The molecule has 4 nitrogen and oxygen atoms in total. The van der Waals surface area contributed by atoms with Crippen molar-refractivity contribution in [1.82, 2.24) is 0 Å². The van der Waals surface area contributed by atoms with Crippen LogP contribution in [-0.4, -0.2) is 8.42 Å². The highest BCUT2D eigenvalue weighted by Gasteiger charge is 2.15. The fourth-order valence-electron chi connectivity index (χ4n) is 1.61. The quantitative estimate of drug-likeness (QED) is 0.912. The lowest BCUT2D eigenvalue weighted by atomic mass is 10.2. The molecule has 0 saturated heterocycles. The van der Waals surface area contributed by atoms with Gasteiger partial charge >= 0.3 is 0 Å². The molecule has 20 heavy (non-hydrogen) atoms. The van der Waals surface area contributed by atoms with Crippen LogP contribution in [0.5, 0.6) is 5.75 Å². The average Bonchev–Trinajstić information content (AvgIpc) is 2.36. The Balaban J connectivity index is 2.26. The molecule has 2 rings (SSSR count). The Bertz CT molecular complexity index is 734. The van der Waals surface area contributed by atoms with Gasteiger partial charge in [0.1, 0.15) is 23.1 Å². The summed E-state index contributed by atoms with van der Waals surface area (Å²) in [4.78, 5) is -0.122. The van der Waals surface area contributed by atoms with E-state index in [9.17, 15) is 12.8 Å². The van der Waals surface area contributed by atoms with E-state index in [1.165, 1.54) is 24.3 Å². The van der Waals surface area contributed by atoms with Crippen LogP contribution in [0.25, 0.3) is 0 Å². The molecule has 2 aromatic rings. The topological polar surface area (TPSA) is 69.4 Å². The molecule has 0 spiro atoms. The Morgan fingerprint density at radius 2 is 1.95 bits per heavy atom. The lowest BCUT2D eigenvalue weighted by Crippen LogP contribution is -2.14. The molecule has 0 aliphatic carbocycles. The van der Waals surface area contributed by atoms with Gasteiger partial charge in [-0.25, -0.2) is 17.9 Å². The number of sulfonamides is 1. The zero-order chi connectivity index (χ0) is 14.8. The fraction of sp³-hybridized carbons (Fsp3) is 0.0769. The van der Waals surface area contributed by atoms with Crippen molar-refractivity contribution in [1.29, 1.82) is 0 Å². The van der Waals surface area contributed by atoms with Gasteiger partial charge in [0.2, 0.25) is 10.0 Å². The molecule has 0 saturated carbocycles. The lowest BCUT2D eigenvalue weighted by molar-refractivity contribution is 0.297. The number of hydrogen-bond acceptors (Lipinski definition) is 3. The maximum Gasteiger partial charge on any atom is 0.241 e. The third-order valence-corrected chi connectivity index (χ3v) is 3.92. The van der Waals surface area contributed by atoms with Gasteiger partial charge in [-0.2, -0.15) is 0 Å². The van der Waals surface area contributed by atoms with Crippen molar-refractivity contribution in [3.05, 3.63) is 58.3 Å². The lowest BCUT2D eigenvalue weighted by Gasteiger charge is -2.10. The van der Waals surface area contributed by atoms with Crippen LogP contribution in [0.3, 0.4) is 0 Å². The molecule has 0 aromatic heterocycles. The van der Waals surface area contributed by atoms with E-state index in [2.05, 4.69) is 15.9 Å². The summed E-state index contributed by atoms with van der Waals surface area (Å²) in [7, 11) is -3.90. The normalized spacial score (nSPS) is 11.3. The predicted molar refractivity (Wildman–Crippen MR) is 76.2 cm³/mol. The summed E-state index contributed by atoms with van der Waals surface area (Å²) in [6.45, 7) is 0.0436. The molecule has 7 heteroatoms. The van der Waals surface area contributed by atoms with Crippen LogP contribution in [-0.2, 0) is 16.6 Å². The van der Waals surface area contributed by atoms with E-state index in [0.29, 0.717) is 10.0 Å². The highest BCUT2D eigenvalue weighted by molar-refractivity contribution is 9.10. The molecule has 0 amide bonds. The summed E-state index contributed by atoms with van der Waals surface area (Å²) in [6, 6.07) is 10.3. The van der Waals surface area contributed by atoms with Crippen LogP contribution in [0, 0.1) is 5.82 Å². The summed E-state index contributed by atoms with van der Waals surface area (Å²) in [5.74, 6) is -0.256. The number of hydrogen-bond donors (Lipinski definition) is 1. The molecule has 2 aromatic carbocycles. The second-order valence-corrected chi connectivity index (χ2v) is 6.50. The molecule has 0 fully saturated rings. The van der Waals surface area contributed by atoms with E-state index in [1.54, 1.807) is 18.2 Å². The number of halogens is 2. The summed E-state index contributed by atoms with van der Waals surface area (Å²) in [6.07, 6.45) is 0. The van der Waals surface area contributed by atoms with Crippen LogP contribution in [0.1, 0.15) is 5.56 Å². The minimum absolute atomic E-state index is 0.0436. The maximum atomic E-state index is 13.0. The summed E-state index contributed by atoms with van der Waals surface area (Å²) >= 11 is 3.17. The summed E-state index contributed by atoms with van der Waals surface area (Å²) in [5.41, 5.74) is 0.591. The van der Waals surface area contributed by atoms with Crippen LogP contribution >= 0.6 is 15.9 Å². The maximum absolute atomic E-state index is 13.0. The van der Waals surface area contributed by atoms with E-state index < -0.39 is 10.0 Å². The van der Waals surface area contributed by atoms with Crippen LogP contribution in [0.4, 0.5) is 4.39 Å². The van der Waals surface area contributed by atoms with Crippen molar-refractivity contribution < 1.29 is 17.5 Å². The van der Waals surface area contributed by atoms with Crippen molar-refractivity contribution in [3.8, 4) is 5.75 Å². The van der Waals surface area contributed by atoms with E-state index in [0.717, 1.165) is 0 Å². The van der Waals surface area contributed by atoms with Gasteiger partial charge < -0.3 is 4.74 Å². The molecular formula is C13H11BrFNO3S. The summed E-state index contributed by atoms with van der Waals surface area (Å²) < 4.78 is 42.0. The van der Waals surface area contributed by atoms with Gasteiger partial charge in [0, 0.05) is 4.47 Å². The second kappa shape index (κ2) is 5.90. The largest absolute Gasteiger partial charge is 0.487 e. The third-order valence-electron chi connectivity index (χ3n) is 2.50. The minimum Gasteiger partial charge on any atom is -0.487 e. The monoisotopic (exact) mass is 359 g/mol. The zero-order valence-corrected chi connectivity index (χ0v) is 12.6. The van der Waals surface area contributed by atoms with Crippen molar-refractivity contribution in [2.24, 2.45) is 5.14 Å². The van der Waals surface area contributed by atoms with Crippen LogP contribution < -0.4 is 9.88 Å². The first-order chi connectivity index (χ1) is 9.36. The number of benzene rings is 2. The predicted octanol–water partition coefficient (Wildman–Crippen LogP) is 2.81. The van der Waals surface area contributed by atoms with Gasteiger partial charge in [-0.05, 0) is 35.9 Å². The van der Waals surface area contributed by atoms with Crippen LogP contribution in [0.15, 0.2) is 51.8 Å². The molecule has 0 aliphatic heterocycles. The van der Waals surface area contributed by atoms with Crippen molar-refractivity contribution in [2.45, 2.75) is 11.5 Å². The Hall–Kier alpha value is -1.44. The van der Waals surface area contributed by atoms with Gasteiger partial charge in [0.25, 0.3) is 0 Å². The van der Waals surface area contributed by atoms with E-state index in [4.69, 9.17) is 9.88 Å². The van der Waals surface area contributed by atoms with Gasteiger partial charge in [0.05, 0.1) is 0 Å². The molecule has 0 heterocycles. The minimum atomic E-state index is -3.90. The van der Waals surface area contributed by atoms with Crippen LogP contribution in [0.2, 0.25) is 0 Å². The van der Waals surface area contributed by atoms with Crippen molar-refractivity contribution in [2.75, 3.05) is 0 Å². The van der Waals surface area contributed by atoms with Gasteiger partial charge in [-0.15, -0.1) is 0 Å². The Morgan fingerprint density at radius 3 is 2.60 bits per heavy atom.